The lowest BCUT2D eigenvalue weighted by Crippen LogP contribution is -2.40. The van der Waals surface area contributed by atoms with E-state index in [0.717, 1.165) is 0 Å². The van der Waals surface area contributed by atoms with Gasteiger partial charge in [-0.1, -0.05) is 30.3 Å². The van der Waals surface area contributed by atoms with E-state index in [1.807, 2.05) is 26.8 Å². The average Bonchev–Trinajstić information content (AvgIpc) is 2.53. The second-order valence-electron chi connectivity index (χ2n) is 6.96. The third-order valence-corrected chi connectivity index (χ3v) is 4.67. The normalized spacial score (nSPS) is 11.7. The maximum absolute atomic E-state index is 12.5. The Hall–Kier alpha value is -2.54. The summed E-state index contributed by atoms with van der Waals surface area (Å²) in [6.45, 7) is 5.56. The van der Waals surface area contributed by atoms with E-state index in [1.165, 1.54) is 13.2 Å². The van der Waals surface area contributed by atoms with Crippen LogP contribution in [0.25, 0.3) is 0 Å². The van der Waals surface area contributed by atoms with Crippen molar-refractivity contribution in [1.82, 2.24) is 5.32 Å². The van der Waals surface area contributed by atoms with Gasteiger partial charge in [0, 0.05) is 11.6 Å². The number of hydrogen-bond donors (Lipinski definition) is 2. The van der Waals surface area contributed by atoms with Crippen LogP contribution in [0.5, 0.6) is 5.75 Å². The maximum atomic E-state index is 12.5. The monoisotopic (exact) mass is 376 g/mol. The summed E-state index contributed by atoms with van der Waals surface area (Å²) in [6.07, 6.45) is 0. The molecule has 2 aromatic rings. The van der Waals surface area contributed by atoms with Crippen molar-refractivity contribution in [2.75, 3.05) is 11.8 Å². The number of ether oxygens (including phenoxy) is 1. The van der Waals surface area contributed by atoms with E-state index >= 15 is 0 Å². The molecule has 0 atom stereocenters. The van der Waals surface area contributed by atoms with Crippen LogP contribution in [0.1, 0.15) is 36.7 Å². The van der Waals surface area contributed by atoms with E-state index in [4.69, 9.17) is 4.74 Å². The van der Waals surface area contributed by atoms with Gasteiger partial charge in [-0.2, -0.15) is 0 Å². The van der Waals surface area contributed by atoms with E-state index in [1.54, 1.807) is 36.4 Å². The van der Waals surface area contributed by atoms with Gasteiger partial charge in [0.2, 0.25) is 10.0 Å². The average molecular weight is 376 g/mol. The molecule has 6 nitrogen and oxygen atoms in total. The molecule has 2 rings (SSSR count). The number of anilines is 1. The lowest BCUT2D eigenvalue weighted by Gasteiger charge is -2.22. The Bertz CT molecular complexity index is 872. The Morgan fingerprint density at radius 2 is 1.73 bits per heavy atom. The van der Waals surface area contributed by atoms with Gasteiger partial charge in [0.25, 0.3) is 5.91 Å². The van der Waals surface area contributed by atoms with Crippen LogP contribution in [0.15, 0.2) is 48.5 Å². The number of carbonyl (C=O) groups excluding carboxylic acids is 1. The molecule has 1 amide bonds. The molecule has 0 unspecified atom stereocenters. The lowest BCUT2D eigenvalue weighted by atomic mass is 10.1. The Morgan fingerprint density at radius 1 is 1.08 bits per heavy atom. The first-order chi connectivity index (χ1) is 12.1. The van der Waals surface area contributed by atoms with E-state index in [-0.39, 0.29) is 22.9 Å². The second kappa shape index (κ2) is 7.78. The quantitative estimate of drug-likeness (QED) is 0.811. The molecule has 0 fully saturated rings. The van der Waals surface area contributed by atoms with Crippen LogP contribution in [-0.4, -0.2) is 27.0 Å². The van der Waals surface area contributed by atoms with Crippen molar-refractivity contribution in [2.24, 2.45) is 0 Å². The van der Waals surface area contributed by atoms with Gasteiger partial charge >= 0.3 is 0 Å². The molecule has 2 N–H and O–H groups in total. The van der Waals surface area contributed by atoms with Gasteiger partial charge < -0.3 is 10.1 Å². The highest BCUT2D eigenvalue weighted by atomic mass is 32.2. The maximum Gasteiger partial charge on any atom is 0.253 e. The first kappa shape index (κ1) is 19.8. The molecule has 26 heavy (non-hydrogen) atoms. The van der Waals surface area contributed by atoms with Crippen molar-refractivity contribution in [2.45, 2.75) is 32.1 Å². The van der Waals surface area contributed by atoms with Gasteiger partial charge in [0.1, 0.15) is 5.75 Å². The van der Waals surface area contributed by atoms with Crippen LogP contribution in [0.2, 0.25) is 0 Å². The smallest absolute Gasteiger partial charge is 0.253 e. The number of carbonyl (C=O) groups is 1. The standard InChI is InChI=1S/C19H24N2O4S/c1-19(2,3)20-18(22)16-11-10-15(25-4)12-17(16)21-26(23,24)13-14-8-6-5-7-9-14/h5-12,21H,13H2,1-4H3,(H,20,22). The zero-order valence-electron chi connectivity index (χ0n) is 15.4. The molecule has 0 bridgehead atoms. The van der Waals surface area contributed by atoms with Gasteiger partial charge in [-0.05, 0) is 38.5 Å². The first-order valence-corrected chi connectivity index (χ1v) is 9.80. The van der Waals surface area contributed by atoms with E-state index in [9.17, 15) is 13.2 Å². The molecule has 140 valence electrons. The highest BCUT2D eigenvalue weighted by Gasteiger charge is 2.21. The zero-order chi connectivity index (χ0) is 19.4. The highest BCUT2D eigenvalue weighted by Crippen LogP contribution is 2.25. The van der Waals surface area contributed by atoms with Crippen LogP contribution in [0.4, 0.5) is 5.69 Å². The number of sulfonamides is 1. The van der Waals surface area contributed by atoms with Crippen molar-refractivity contribution in [3.05, 3.63) is 59.7 Å². The third kappa shape index (κ3) is 5.77. The van der Waals surface area contributed by atoms with Crippen molar-refractivity contribution in [3.63, 3.8) is 0 Å². The molecule has 0 saturated heterocycles. The molecule has 0 heterocycles. The summed E-state index contributed by atoms with van der Waals surface area (Å²) in [6, 6.07) is 13.5. The molecule has 0 aliphatic heterocycles. The van der Waals surface area contributed by atoms with Crippen LogP contribution in [-0.2, 0) is 15.8 Å². The molecule has 0 aromatic heterocycles. The summed E-state index contributed by atoms with van der Waals surface area (Å²) in [5.41, 5.74) is 0.625. The SMILES string of the molecule is COc1ccc(C(=O)NC(C)(C)C)c(NS(=O)(=O)Cc2ccccc2)c1. The molecule has 0 radical (unpaired) electrons. The summed E-state index contributed by atoms with van der Waals surface area (Å²) < 4.78 is 32.8. The molecule has 2 aromatic carbocycles. The Labute approximate surface area is 154 Å². The van der Waals surface area contributed by atoms with Crippen LogP contribution < -0.4 is 14.8 Å². The van der Waals surface area contributed by atoms with Gasteiger partial charge in [-0.25, -0.2) is 8.42 Å². The van der Waals surface area contributed by atoms with Crippen LogP contribution in [0.3, 0.4) is 0 Å². The molecule has 0 spiro atoms. The van der Waals surface area contributed by atoms with Gasteiger partial charge in [0.15, 0.2) is 0 Å². The minimum Gasteiger partial charge on any atom is -0.497 e. The zero-order valence-corrected chi connectivity index (χ0v) is 16.2. The van der Waals surface area contributed by atoms with Crippen LogP contribution >= 0.6 is 0 Å². The number of hydrogen-bond acceptors (Lipinski definition) is 4. The fourth-order valence-corrected chi connectivity index (χ4v) is 3.55. The molecule has 7 heteroatoms. The fourth-order valence-electron chi connectivity index (χ4n) is 2.34. The summed E-state index contributed by atoms with van der Waals surface area (Å²) in [5, 5.41) is 2.83. The number of amides is 1. The number of nitrogens with one attached hydrogen (secondary N) is 2. The number of methoxy groups -OCH3 is 1. The summed E-state index contributed by atoms with van der Waals surface area (Å²) in [4.78, 5) is 12.5. The highest BCUT2D eigenvalue weighted by molar-refractivity contribution is 7.91. The number of benzene rings is 2. The van der Waals surface area contributed by atoms with E-state index in [0.29, 0.717) is 11.3 Å². The Balaban J connectivity index is 2.32. The Kier molecular flexibility index (Phi) is 5.92. The third-order valence-electron chi connectivity index (χ3n) is 3.42. The van der Waals surface area contributed by atoms with Crippen molar-refractivity contribution < 1.29 is 17.9 Å². The molecular weight excluding hydrogens is 352 g/mol. The second-order valence-corrected chi connectivity index (χ2v) is 8.68. The molecular formula is C19H24N2O4S. The molecule has 0 aliphatic rings. The summed E-state index contributed by atoms with van der Waals surface area (Å²) in [7, 11) is -2.22. The van der Waals surface area contributed by atoms with Crippen molar-refractivity contribution >= 4 is 21.6 Å². The predicted molar refractivity (Wildman–Crippen MR) is 103 cm³/mol. The first-order valence-electron chi connectivity index (χ1n) is 8.14. The predicted octanol–water partition coefficient (Wildman–Crippen LogP) is 3.17. The molecule has 0 aliphatic carbocycles. The minimum absolute atomic E-state index is 0.182. The fraction of sp³-hybridized carbons (Fsp3) is 0.316. The topological polar surface area (TPSA) is 84.5 Å². The summed E-state index contributed by atoms with van der Waals surface area (Å²) in [5.74, 6) is -0.0990. The van der Waals surface area contributed by atoms with E-state index in [2.05, 4.69) is 10.0 Å². The van der Waals surface area contributed by atoms with E-state index < -0.39 is 15.6 Å². The largest absolute Gasteiger partial charge is 0.497 e. The number of rotatable bonds is 6. The Morgan fingerprint density at radius 3 is 2.31 bits per heavy atom. The van der Waals surface area contributed by atoms with Gasteiger partial charge in [-0.15, -0.1) is 0 Å². The van der Waals surface area contributed by atoms with Crippen molar-refractivity contribution in [3.8, 4) is 5.75 Å². The van der Waals surface area contributed by atoms with Gasteiger partial charge in [-0.3, -0.25) is 9.52 Å². The van der Waals surface area contributed by atoms with Crippen LogP contribution in [0, 0.1) is 0 Å². The van der Waals surface area contributed by atoms with Gasteiger partial charge in [0.05, 0.1) is 24.1 Å². The summed E-state index contributed by atoms with van der Waals surface area (Å²) >= 11 is 0. The minimum atomic E-state index is -3.70. The van der Waals surface area contributed by atoms with Crippen molar-refractivity contribution in [1.29, 1.82) is 0 Å². The lowest BCUT2D eigenvalue weighted by molar-refractivity contribution is 0.0920. The molecule has 0 saturated carbocycles.